The molecule has 4 rings (SSSR count). The van der Waals surface area contributed by atoms with Gasteiger partial charge in [0.15, 0.2) is 11.5 Å². The second-order valence-corrected chi connectivity index (χ2v) is 12.7. The third kappa shape index (κ3) is 8.63. The van der Waals surface area contributed by atoms with Gasteiger partial charge in [0.1, 0.15) is 31.5 Å². The fourth-order valence-electron chi connectivity index (χ4n) is 4.74. The van der Waals surface area contributed by atoms with Crippen molar-refractivity contribution in [3.8, 4) is 17.2 Å². The molecule has 10 nitrogen and oxygen atoms in total. The minimum atomic E-state index is -3.91. The van der Waals surface area contributed by atoms with Gasteiger partial charge in [-0.2, -0.15) is 0 Å². The number of sulfonamides is 1. The molecule has 1 unspecified atom stereocenters. The monoisotopic (exact) mass is 609 g/mol. The maximum Gasteiger partial charge on any atom is 0.244 e. The Morgan fingerprint density at radius 3 is 2.30 bits per heavy atom. The SMILES string of the molecule is COc1cccc(CN(C(=O)CN(c2ccc3c(c2)OCCO3)S(C)(=O)=O)C(Cc2ccccc2)C(=O)NCC(C)C)c1. The zero-order valence-electron chi connectivity index (χ0n) is 25.0. The van der Waals surface area contributed by atoms with E-state index in [0.717, 1.165) is 21.7 Å². The lowest BCUT2D eigenvalue weighted by Gasteiger charge is -2.34. The number of fused-ring (bicyclic) bond motifs is 1. The molecule has 3 aromatic rings. The second kappa shape index (κ2) is 14.3. The molecule has 0 saturated heterocycles. The first-order valence-corrected chi connectivity index (χ1v) is 16.0. The van der Waals surface area contributed by atoms with Gasteiger partial charge < -0.3 is 24.4 Å². The maximum atomic E-state index is 14.2. The molecule has 1 aliphatic rings. The first-order valence-electron chi connectivity index (χ1n) is 14.2. The molecule has 2 amide bonds. The summed E-state index contributed by atoms with van der Waals surface area (Å²) in [4.78, 5) is 29.4. The highest BCUT2D eigenvalue weighted by atomic mass is 32.2. The maximum absolute atomic E-state index is 14.2. The fourth-order valence-corrected chi connectivity index (χ4v) is 5.59. The number of amides is 2. The molecule has 0 spiro atoms. The van der Waals surface area contributed by atoms with Crippen molar-refractivity contribution in [2.24, 2.45) is 5.92 Å². The van der Waals surface area contributed by atoms with Crippen LogP contribution in [0.2, 0.25) is 0 Å². The minimum absolute atomic E-state index is 0.0569. The van der Waals surface area contributed by atoms with Gasteiger partial charge in [0.2, 0.25) is 21.8 Å². The van der Waals surface area contributed by atoms with Gasteiger partial charge in [0, 0.05) is 25.6 Å². The molecule has 1 heterocycles. The molecule has 230 valence electrons. The van der Waals surface area contributed by atoms with E-state index in [1.807, 2.05) is 50.2 Å². The normalized spacial score (nSPS) is 13.2. The lowest BCUT2D eigenvalue weighted by molar-refractivity contribution is -0.140. The number of ether oxygens (including phenoxy) is 3. The van der Waals surface area contributed by atoms with Gasteiger partial charge in [-0.1, -0.05) is 56.3 Å². The van der Waals surface area contributed by atoms with Crippen molar-refractivity contribution >= 4 is 27.5 Å². The number of benzene rings is 3. The molecule has 1 N–H and O–H groups in total. The summed E-state index contributed by atoms with van der Waals surface area (Å²) in [5, 5.41) is 2.98. The van der Waals surface area contributed by atoms with Crippen molar-refractivity contribution in [2.75, 3.05) is 44.0 Å². The van der Waals surface area contributed by atoms with E-state index in [4.69, 9.17) is 14.2 Å². The van der Waals surface area contributed by atoms with E-state index in [-0.39, 0.29) is 30.5 Å². The van der Waals surface area contributed by atoms with Gasteiger partial charge >= 0.3 is 0 Å². The quantitative estimate of drug-likeness (QED) is 0.315. The summed E-state index contributed by atoms with van der Waals surface area (Å²) < 4.78 is 43.8. The Morgan fingerprint density at radius 2 is 1.63 bits per heavy atom. The van der Waals surface area contributed by atoms with Crippen molar-refractivity contribution in [1.29, 1.82) is 0 Å². The number of hydrogen-bond donors (Lipinski definition) is 1. The van der Waals surface area contributed by atoms with Gasteiger partial charge in [-0.25, -0.2) is 8.42 Å². The first kappa shape index (κ1) is 31.7. The third-order valence-corrected chi connectivity index (χ3v) is 8.08. The third-order valence-electron chi connectivity index (χ3n) is 6.94. The molecule has 0 aromatic heterocycles. The van der Waals surface area contributed by atoms with E-state index in [9.17, 15) is 18.0 Å². The van der Waals surface area contributed by atoms with Crippen LogP contribution >= 0.6 is 0 Å². The van der Waals surface area contributed by atoms with Crippen LogP contribution in [0.3, 0.4) is 0 Å². The summed E-state index contributed by atoms with van der Waals surface area (Å²) >= 11 is 0. The Kier molecular flexibility index (Phi) is 10.5. The van der Waals surface area contributed by atoms with Crippen LogP contribution < -0.4 is 23.8 Å². The average Bonchev–Trinajstić information content (AvgIpc) is 3.00. The van der Waals surface area contributed by atoms with E-state index < -0.39 is 28.5 Å². The number of carbonyl (C=O) groups excluding carboxylic acids is 2. The van der Waals surface area contributed by atoms with Crippen LogP contribution in [0.15, 0.2) is 72.8 Å². The number of nitrogens with zero attached hydrogens (tertiary/aromatic N) is 2. The number of rotatable bonds is 13. The van der Waals surface area contributed by atoms with Gasteiger partial charge in [0.25, 0.3) is 0 Å². The van der Waals surface area contributed by atoms with Crippen LogP contribution in [0.5, 0.6) is 17.2 Å². The minimum Gasteiger partial charge on any atom is -0.497 e. The molecular formula is C32H39N3O7S. The Bertz CT molecular complexity index is 1510. The molecule has 0 aliphatic carbocycles. The smallest absolute Gasteiger partial charge is 0.244 e. The fraction of sp³-hybridized carbons (Fsp3) is 0.375. The van der Waals surface area contributed by atoms with Crippen LogP contribution in [0, 0.1) is 5.92 Å². The predicted molar refractivity (Wildman–Crippen MR) is 165 cm³/mol. The van der Waals surface area contributed by atoms with E-state index in [0.29, 0.717) is 37.0 Å². The molecule has 43 heavy (non-hydrogen) atoms. The molecule has 0 fully saturated rings. The summed E-state index contributed by atoms with van der Waals surface area (Å²) in [6, 6.07) is 20.5. The summed E-state index contributed by atoms with van der Waals surface area (Å²) in [5.41, 5.74) is 1.85. The highest BCUT2D eigenvalue weighted by Crippen LogP contribution is 2.35. The van der Waals surface area contributed by atoms with Crippen molar-refractivity contribution in [2.45, 2.75) is 32.9 Å². The van der Waals surface area contributed by atoms with Crippen LogP contribution in [-0.2, 0) is 32.6 Å². The highest BCUT2D eigenvalue weighted by molar-refractivity contribution is 7.92. The molecule has 1 atom stereocenters. The van der Waals surface area contributed by atoms with Crippen LogP contribution in [-0.4, -0.2) is 70.8 Å². The van der Waals surface area contributed by atoms with E-state index in [1.54, 1.807) is 43.5 Å². The molecule has 11 heteroatoms. The molecule has 0 radical (unpaired) electrons. The number of anilines is 1. The molecular weight excluding hydrogens is 570 g/mol. The second-order valence-electron chi connectivity index (χ2n) is 10.8. The first-order chi connectivity index (χ1) is 20.5. The Hall–Kier alpha value is -4.25. The largest absolute Gasteiger partial charge is 0.497 e. The van der Waals surface area contributed by atoms with Gasteiger partial charge in [-0.3, -0.25) is 13.9 Å². The molecule has 0 bridgehead atoms. The Balaban J connectivity index is 1.73. The van der Waals surface area contributed by atoms with Crippen molar-refractivity contribution in [3.63, 3.8) is 0 Å². The zero-order valence-corrected chi connectivity index (χ0v) is 25.8. The summed E-state index contributed by atoms with van der Waals surface area (Å²) in [6.45, 7) is 4.66. The van der Waals surface area contributed by atoms with E-state index >= 15 is 0 Å². The van der Waals surface area contributed by atoms with Gasteiger partial charge in [-0.15, -0.1) is 0 Å². The number of hydrogen-bond acceptors (Lipinski definition) is 7. The van der Waals surface area contributed by atoms with Crippen molar-refractivity contribution in [3.05, 3.63) is 83.9 Å². The van der Waals surface area contributed by atoms with Crippen molar-refractivity contribution in [1.82, 2.24) is 10.2 Å². The molecule has 0 saturated carbocycles. The zero-order chi connectivity index (χ0) is 31.0. The number of methoxy groups -OCH3 is 1. The van der Waals surface area contributed by atoms with Crippen molar-refractivity contribution < 1.29 is 32.2 Å². The lowest BCUT2D eigenvalue weighted by Crippen LogP contribution is -2.53. The summed E-state index contributed by atoms with van der Waals surface area (Å²) in [6.07, 6.45) is 1.28. The lowest BCUT2D eigenvalue weighted by atomic mass is 10.0. The standard InChI is InChI=1S/C32H39N3O7S/c1-23(2)20-33-32(37)28(18-24-9-6-5-7-10-24)34(21-25-11-8-12-27(17-25)40-3)31(36)22-35(43(4,38)39)26-13-14-29-30(19-26)42-16-15-41-29/h5-14,17,19,23,28H,15-16,18,20-22H2,1-4H3,(H,33,37). The van der Waals surface area contributed by atoms with Gasteiger partial charge in [0.05, 0.1) is 19.1 Å². The average molecular weight is 610 g/mol. The van der Waals surface area contributed by atoms with E-state index in [1.165, 1.54) is 4.90 Å². The Morgan fingerprint density at radius 1 is 0.930 bits per heavy atom. The molecule has 3 aromatic carbocycles. The van der Waals surface area contributed by atoms with E-state index in [2.05, 4.69) is 5.32 Å². The molecule has 1 aliphatic heterocycles. The highest BCUT2D eigenvalue weighted by Gasteiger charge is 2.33. The summed E-state index contributed by atoms with van der Waals surface area (Å²) in [7, 11) is -2.36. The topological polar surface area (TPSA) is 114 Å². The van der Waals surface area contributed by atoms with Gasteiger partial charge in [-0.05, 0) is 41.3 Å². The number of carbonyl (C=O) groups is 2. The number of nitrogens with one attached hydrogen (secondary N) is 1. The predicted octanol–water partition coefficient (Wildman–Crippen LogP) is 3.64. The van der Waals surface area contributed by atoms with Crippen LogP contribution in [0.1, 0.15) is 25.0 Å². The summed E-state index contributed by atoms with van der Waals surface area (Å²) in [5.74, 6) is 0.831. The van der Waals surface area contributed by atoms with Crippen LogP contribution in [0.25, 0.3) is 0 Å². The Labute approximate surface area is 253 Å². The van der Waals surface area contributed by atoms with Crippen LogP contribution in [0.4, 0.5) is 5.69 Å².